The third kappa shape index (κ3) is 6.78. The zero-order valence-corrected chi connectivity index (χ0v) is 18.1. The van der Waals surface area contributed by atoms with Gasteiger partial charge in [0, 0.05) is 17.0 Å². The number of benzene rings is 1. The van der Waals surface area contributed by atoms with Crippen LogP contribution in [0.25, 0.3) is 11.8 Å². The van der Waals surface area contributed by atoms with Crippen molar-refractivity contribution in [3.05, 3.63) is 70.1 Å². The van der Waals surface area contributed by atoms with Gasteiger partial charge >= 0.3 is 6.18 Å². The molecule has 32 heavy (non-hydrogen) atoms. The van der Waals surface area contributed by atoms with Crippen molar-refractivity contribution in [1.82, 2.24) is 9.78 Å². The van der Waals surface area contributed by atoms with Gasteiger partial charge in [-0.15, -0.1) is 11.3 Å². The van der Waals surface area contributed by atoms with E-state index in [1.165, 1.54) is 41.7 Å². The van der Waals surface area contributed by atoms with Gasteiger partial charge in [0.15, 0.2) is 0 Å². The lowest BCUT2D eigenvalue weighted by atomic mass is 10.1. The maximum absolute atomic E-state index is 13.3. The molecule has 1 amide bonds. The second-order valence-electron chi connectivity index (χ2n) is 6.66. The van der Waals surface area contributed by atoms with Crippen molar-refractivity contribution >= 4 is 29.1 Å². The summed E-state index contributed by atoms with van der Waals surface area (Å²) in [5.41, 5.74) is -0.488. The zero-order valence-electron chi connectivity index (χ0n) is 17.3. The van der Waals surface area contributed by atoms with E-state index < -0.39 is 17.6 Å². The van der Waals surface area contributed by atoms with E-state index >= 15 is 0 Å². The molecule has 1 aromatic carbocycles. The normalized spacial score (nSPS) is 14.1. The first-order valence-electron chi connectivity index (χ1n) is 9.76. The number of hydrogen-bond donors (Lipinski definition) is 1. The summed E-state index contributed by atoms with van der Waals surface area (Å²) < 4.78 is 50.8. The number of anilines is 1. The molecule has 1 aliphatic rings. The molecule has 6 nitrogen and oxygen atoms in total. The minimum atomic E-state index is -4.53. The first kappa shape index (κ1) is 23.7. The summed E-state index contributed by atoms with van der Waals surface area (Å²) in [6.07, 6.45) is -1.57. The molecule has 0 saturated carbocycles. The van der Waals surface area contributed by atoms with E-state index in [-0.39, 0.29) is 11.5 Å². The van der Waals surface area contributed by atoms with Crippen molar-refractivity contribution in [3.63, 3.8) is 0 Å². The summed E-state index contributed by atoms with van der Waals surface area (Å²) >= 11 is 1.47. The smallest absolute Gasteiger partial charge is 0.377 e. The van der Waals surface area contributed by atoms with Gasteiger partial charge in [-0.3, -0.25) is 4.79 Å². The number of aryl methyl sites for hydroxylation is 1. The largest absolute Gasteiger partial charge is 0.418 e. The van der Waals surface area contributed by atoms with Gasteiger partial charge in [-0.1, -0.05) is 18.2 Å². The summed E-state index contributed by atoms with van der Waals surface area (Å²) in [5.74, 6) is -0.288. The fourth-order valence-electron chi connectivity index (χ4n) is 2.82. The third-order valence-corrected chi connectivity index (χ3v) is 5.04. The fraction of sp³-hybridized carbons (Fsp3) is 0.273. The van der Waals surface area contributed by atoms with Crippen molar-refractivity contribution in [3.8, 4) is 5.69 Å². The molecule has 1 fully saturated rings. The standard InChI is InChI=1S/C18H14F3N3OS.C4H8O2/c1-12-11-16(22-17(25)9-8-13-5-4-10-26-13)24(23-12)15-7-3-2-6-14(15)18(19,20)21;1-2-6-4-3-5-1/h2-11H,1H3,(H,22,25);1-4H2/b9-8+;. The molecule has 1 N–H and O–H groups in total. The zero-order chi connectivity index (χ0) is 23.0. The second kappa shape index (κ2) is 11.1. The number of hydrogen-bond acceptors (Lipinski definition) is 5. The Hall–Kier alpha value is -2.95. The van der Waals surface area contributed by atoms with Gasteiger partial charge in [-0.25, -0.2) is 4.68 Å². The van der Waals surface area contributed by atoms with Gasteiger partial charge in [0.1, 0.15) is 5.82 Å². The molecular weight excluding hydrogens is 443 g/mol. The van der Waals surface area contributed by atoms with Gasteiger partial charge in [0.2, 0.25) is 5.91 Å². The van der Waals surface area contributed by atoms with Crippen LogP contribution in [-0.4, -0.2) is 42.1 Å². The number of para-hydroxylation sites is 1. The molecule has 1 aliphatic heterocycles. The highest BCUT2D eigenvalue weighted by atomic mass is 32.1. The third-order valence-electron chi connectivity index (χ3n) is 4.21. The number of nitrogens with one attached hydrogen (secondary N) is 1. The lowest BCUT2D eigenvalue weighted by molar-refractivity contribution is -0.137. The number of carbonyl (C=O) groups is 1. The molecule has 3 aromatic rings. The summed E-state index contributed by atoms with van der Waals surface area (Å²) in [5, 5.41) is 8.56. The first-order chi connectivity index (χ1) is 15.3. The second-order valence-corrected chi connectivity index (χ2v) is 7.64. The van der Waals surface area contributed by atoms with Gasteiger partial charge in [-0.2, -0.15) is 18.3 Å². The number of nitrogens with zero attached hydrogens (tertiary/aromatic N) is 2. The summed E-state index contributed by atoms with van der Waals surface area (Å²) in [6.45, 7) is 4.75. The van der Waals surface area contributed by atoms with Crippen LogP contribution in [0, 0.1) is 6.92 Å². The highest BCUT2D eigenvalue weighted by Gasteiger charge is 2.34. The predicted molar refractivity (Wildman–Crippen MR) is 117 cm³/mol. The van der Waals surface area contributed by atoms with Crippen LogP contribution in [0.4, 0.5) is 19.0 Å². The number of ether oxygens (including phenoxy) is 2. The van der Waals surface area contributed by atoms with Crippen LogP contribution in [0.3, 0.4) is 0 Å². The predicted octanol–water partition coefficient (Wildman–Crippen LogP) is 4.95. The Kier molecular flexibility index (Phi) is 8.20. The van der Waals surface area contributed by atoms with Crippen LogP contribution in [0.15, 0.2) is 53.9 Å². The van der Waals surface area contributed by atoms with Gasteiger partial charge in [0.05, 0.1) is 43.4 Å². The molecule has 2 aromatic heterocycles. The quantitative estimate of drug-likeness (QED) is 0.554. The number of carbonyl (C=O) groups excluding carboxylic acids is 1. The molecule has 1 saturated heterocycles. The molecule has 170 valence electrons. The Labute approximate surface area is 187 Å². The van der Waals surface area contributed by atoms with E-state index in [4.69, 9.17) is 9.47 Å². The molecule has 0 radical (unpaired) electrons. The van der Waals surface area contributed by atoms with Crippen molar-refractivity contribution in [2.24, 2.45) is 0 Å². The number of amides is 1. The van der Waals surface area contributed by atoms with Gasteiger partial charge in [-0.05, 0) is 36.6 Å². The lowest BCUT2D eigenvalue weighted by Crippen LogP contribution is -2.16. The van der Waals surface area contributed by atoms with Crippen LogP contribution in [0.2, 0.25) is 0 Å². The molecule has 0 atom stereocenters. The summed E-state index contributed by atoms with van der Waals surface area (Å²) in [7, 11) is 0. The number of rotatable bonds is 4. The maximum Gasteiger partial charge on any atom is 0.418 e. The van der Waals surface area contributed by atoms with Gasteiger partial charge in [0.25, 0.3) is 0 Å². The van der Waals surface area contributed by atoms with Crippen LogP contribution in [0.1, 0.15) is 16.1 Å². The maximum atomic E-state index is 13.3. The van der Waals surface area contributed by atoms with Crippen LogP contribution in [-0.2, 0) is 20.4 Å². The van der Waals surface area contributed by atoms with E-state index in [1.807, 2.05) is 17.5 Å². The van der Waals surface area contributed by atoms with Gasteiger partial charge < -0.3 is 14.8 Å². The van der Waals surface area contributed by atoms with Crippen molar-refractivity contribution < 1.29 is 27.4 Å². The number of aromatic nitrogens is 2. The van der Waals surface area contributed by atoms with Crippen molar-refractivity contribution in [2.45, 2.75) is 13.1 Å². The van der Waals surface area contributed by atoms with E-state index in [2.05, 4.69) is 10.4 Å². The minimum absolute atomic E-state index is 0.148. The van der Waals surface area contributed by atoms with E-state index in [1.54, 1.807) is 13.0 Å². The van der Waals surface area contributed by atoms with E-state index in [0.29, 0.717) is 5.69 Å². The topological polar surface area (TPSA) is 65.4 Å². The first-order valence-corrected chi connectivity index (χ1v) is 10.6. The Balaban J connectivity index is 0.000000416. The number of alkyl halides is 3. The molecule has 0 unspecified atom stereocenters. The number of halogens is 3. The fourth-order valence-corrected chi connectivity index (χ4v) is 3.44. The summed E-state index contributed by atoms with van der Waals surface area (Å²) in [4.78, 5) is 13.0. The van der Waals surface area contributed by atoms with Crippen LogP contribution in [0.5, 0.6) is 0 Å². The highest BCUT2D eigenvalue weighted by molar-refractivity contribution is 7.10. The molecule has 3 heterocycles. The van der Waals surface area contributed by atoms with Crippen molar-refractivity contribution in [1.29, 1.82) is 0 Å². The van der Waals surface area contributed by atoms with E-state index in [0.717, 1.165) is 42.1 Å². The Morgan fingerprint density at radius 2 is 1.81 bits per heavy atom. The monoisotopic (exact) mass is 465 g/mol. The molecule has 0 bridgehead atoms. The molecule has 0 aliphatic carbocycles. The lowest BCUT2D eigenvalue weighted by Gasteiger charge is -2.14. The Morgan fingerprint density at radius 3 is 2.41 bits per heavy atom. The average molecular weight is 465 g/mol. The Morgan fingerprint density at radius 1 is 1.12 bits per heavy atom. The summed E-state index contributed by atoms with van der Waals surface area (Å²) in [6, 6.07) is 10.3. The molecular formula is C22H22F3N3O3S. The molecule has 10 heteroatoms. The van der Waals surface area contributed by atoms with Crippen molar-refractivity contribution in [2.75, 3.05) is 31.7 Å². The Bertz CT molecular complexity index is 1030. The SMILES string of the molecule is C1COCCO1.Cc1cc(NC(=O)/C=C/c2cccs2)n(-c2ccccc2C(F)(F)F)n1. The number of thiophene rings is 1. The highest BCUT2D eigenvalue weighted by Crippen LogP contribution is 2.34. The van der Waals surface area contributed by atoms with E-state index in [9.17, 15) is 18.0 Å². The molecule has 0 spiro atoms. The average Bonchev–Trinajstić information content (AvgIpc) is 3.43. The minimum Gasteiger partial charge on any atom is -0.377 e. The van der Waals surface area contributed by atoms with Crippen LogP contribution < -0.4 is 5.32 Å². The molecule has 4 rings (SSSR count). The van der Waals surface area contributed by atoms with Crippen LogP contribution >= 0.6 is 11.3 Å².